The molecule has 0 heterocycles. The maximum atomic E-state index is 12.5. The van der Waals surface area contributed by atoms with Gasteiger partial charge in [-0.25, -0.2) is 4.79 Å². The van der Waals surface area contributed by atoms with Crippen LogP contribution in [0.25, 0.3) is 0 Å². The topological polar surface area (TPSA) is 92.7 Å². The van der Waals surface area contributed by atoms with E-state index in [2.05, 4.69) is 73.0 Å². The van der Waals surface area contributed by atoms with Gasteiger partial charge in [-0.1, -0.05) is 98.9 Å². The Bertz CT molecular complexity index is 1090. The molecule has 1 atom stereocenters. The molecule has 1 unspecified atom stereocenters. The molecule has 1 aromatic rings. The highest BCUT2D eigenvalue weighted by Gasteiger charge is 2.23. The molecule has 0 bridgehead atoms. The van der Waals surface area contributed by atoms with Crippen LogP contribution < -0.4 is 10.1 Å². The van der Waals surface area contributed by atoms with Gasteiger partial charge in [0.2, 0.25) is 5.91 Å². The summed E-state index contributed by atoms with van der Waals surface area (Å²) in [6.07, 6.45) is 32.8. The van der Waals surface area contributed by atoms with E-state index in [1.54, 1.807) is 12.1 Å². The maximum absolute atomic E-state index is 12.5. The minimum absolute atomic E-state index is 0.0217. The number of carbonyl (C=O) groups is 3. The summed E-state index contributed by atoms with van der Waals surface area (Å²) in [7, 11) is 0. The second-order valence-corrected chi connectivity index (χ2v) is 9.10. The normalized spacial score (nSPS) is 13.0. The number of benzene rings is 1. The van der Waals surface area contributed by atoms with E-state index < -0.39 is 18.0 Å². The summed E-state index contributed by atoms with van der Waals surface area (Å²) in [5.41, 5.74) is 0.360. The quantitative estimate of drug-likeness (QED) is 0.103. The van der Waals surface area contributed by atoms with Crippen molar-refractivity contribution in [2.75, 3.05) is 0 Å². The Kier molecular flexibility index (Phi) is 18.7. The van der Waals surface area contributed by atoms with Crippen LogP contribution in [0.2, 0.25) is 0 Å². The number of nitrogens with one attached hydrogen (secondary N) is 1. The van der Waals surface area contributed by atoms with Gasteiger partial charge >= 0.3 is 11.9 Å². The molecular weight excluding hydrogens is 502 g/mol. The van der Waals surface area contributed by atoms with Gasteiger partial charge in [-0.05, 0) is 57.4 Å². The molecule has 0 aromatic heterocycles. The number of allylic oxidation sites excluding steroid dienone is 12. The van der Waals surface area contributed by atoms with Crippen molar-refractivity contribution in [1.82, 2.24) is 5.32 Å². The van der Waals surface area contributed by atoms with E-state index in [4.69, 9.17) is 4.74 Å². The zero-order valence-corrected chi connectivity index (χ0v) is 24.2. The molecule has 216 valence electrons. The molecule has 1 amide bonds. The fourth-order valence-electron chi connectivity index (χ4n) is 3.78. The number of carboxylic acids is 1. The van der Waals surface area contributed by atoms with Gasteiger partial charge in [0.25, 0.3) is 0 Å². The Balaban J connectivity index is 2.35. The van der Waals surface area contributed by atoms with E-state index in [-0.39, 0.29) is 17.2 Å². The Hall–Kier alpha value is -3.93. The van der Waals surface area contributed by atoms with Gasteiger partial charge in [0.05, 0.1) is 6.04 Å². The number of carbonyl (C=O) groups excluding carboxylic acids is 2. The molecule has 40 heavy (non-hydrogen) atoms. The van der Waals surface area contributed by atoms with Crippen molar-refractivity contribution < 1.29 is 24.2 Å². The number of esters is 1. The number of amides is 1. The molecule has 0 radical (unpaired) electrons. The molecule has 0 aliphatic rings. The molecule has 2 N–H and O–H groups in total. The van der Waals surface area contributed by atoms with E-state index in [0.717, 1.165) is 38.5 Å². The number of aromatic carboxylic acids is 1. The van der Waals surface area contributed by atoms with Gasteiger partial charge in [0.15, 0.2) is 5.75 Å². The third-order valence-electron chi connectivity index (χ3n) is 5.78. The first-order chi connectivity index (χ1) is 19.4. The number of hydrogen-bond acceptors (Lipinski definition) is 4. The van der Waals surface area contributed by atoms with E-state index in [0.29, 0.717) is 24.8 Å². The molecule has 1 rings (SSSR count). The second kappa shape index (κ2) is 21.9. The van der Waals surface area contributed by atoms with Crippen LogP contribution in [0.15, 0.2) is 91.1 Å². The summed E-state index contributed by atoms with van der Waals surface area (Å²) in [5, 5.41) is 12.4. The molecule has 0 aliphatic carbocycles. The van der Waals surface area contributed by atoms with Crippen LogP contribution in [0, 0.1) is 0 Å². The van der Waals surface area contributed by atoms with Crippen molar-refractivity contribution >= 4 is 17.8 Å². The van der Waals surface area contributed by atoms with Crippen LogP contribution in [-0.4, -0.2) is 23.0 Å². The third-order valence-corrected chi connectivity index (χ3v) is 5.78. The smallest absolute Gasteiger partial charge is 0.339 e. The number of carboxylic acid groups (broad SMARTS) is 1. The highest BCUT2D eigenvalue weighted by atomic mass is 16.5. The Morgan fingerprint density at radius 1 is 0.800 bits per heavy atom. The standard InChI is InChI=1S/C34H45NO5/c1-4-6-7-8-9-10-11-12-13-14-15-16-17-18-19-20-21-22-23-27-32(37)35-31(5-2)29-25-24-26-30(34(38)39)33(29)40-28(3)36/h6-7,9-10,12-13,15-16,18-19,21-22,24-26,31H,4-5,8,11,14,17,20,23,27H2,1-3H3,(H,35,37)(H,38,39). The SMILES string of the molecule is CCC=CCC=CCC=CCC=CCC=CCC=CCCC(=O)NC(CC)c1cccc(C(=O)O)c1OC(C)=O. The van der Waals surface area contributed by atoms with Gasteiger partial charge in [-0.15, -0.1) is 0 Å². The molecule has 0 spiro atoms. The van der Waals surface area contributed by atoms with Crippen molar-refractivity contribution in [3.63, 3.8) is 0 Å². The predicted molar refractivity (Wildman–Crippen MR) is 163 cm³/mol. The van der Waals surface area contributed by atoms with E-state index in [1.165, 1.54) is 13.0 Å². The van der Waals surface area contributed by atoms with E-state index >= 15 is 0 Å². The second-order valence-electron chi connectivity index (χ2n) is 9.10. The van der Waals surface area contributed by atoms with Crippen LogP contribution in [0.4, 0.5) is 0 Å². The lowest BCUT2D eigenvalue weighted by Crippen LogP contribution is -2.28. The summed E-state index contributed by atoms with van der Waals surface area (Å²) >= 11 is 0. The summed E-state index contributed by atoms with van der Waals surface area (Å²) in [5.74, 6) is -1.99. The maximum Gasteiger partial charge on any atom is 0.339 e. The van der Waals surface area contributed by atoms with Crippen LogP contribution in [0.3, 0.4) is 0 Å². The summed E-state index contributed by atoms with van der Waals surface area (Å²) in [6.45, 7) is 5.23. The van der Waals surface area contributed by atoms with Gasteiger partial charge in [0, 0.05) is 18.9 Å². The summed E-state index contributed by atoms with van der Waals surface area (Å²) in [6, 6.07) is 4.16. The predicted octanol–water partition coefficient (Wildman–Crippen LogP) is 8.36. The average molecular weight is 548 g/mol. The molecule has 0 saturated carbocycles. The first-order valence-electron chi connectivity index (χ1n) is 14.1. The largest absolute Gasteiger partial charge is 0.478 e. The molecular formula is C34H45NO5. The highest BCUT2D eigenvalue weighted by molar-refractivity contribution is 5.92. The zero-order chi connectivity index (χ0) is 29.4. The van der Waals surface area contributed by atoms with Crippen molar-refractivity contribution in [3.05, 3.63) is 102 Å². The molecule has 0 aliphatic heterocycles. The van der Waals surface area contributed by atoms with Crippen molar-refractivity contribution in [2.45, 2.75) is 84.6 Å². The fourth-order valence-corrected chi connectivity index (χ4v) is 3.78. The minimum Gasteiger partial charge on any atom is -0.478 e. The van der Waals surface area contributed by atoms with Crippen LogP contribution >= 0.6 is 0 Å². The van der Waals surface area contributed by atoms with Gasteiger partial charge in [-0.2, -0.15) is 0 Å². The van der Waals surface area contributed by atoms with Gasteiger partial charge < -0.3 is 15.2 Å². The van der Waals surface area contributed by atoms with Crippen molar-refractivity contribution in [3.8, 4) is 5.75 Å². The average Bonchev–Trinajstić information content (AvgIpc) is 2.92. The molecule has 1 aromatic carbocycles. The number of rotatable bonds is 19. The lowest BCUT2D eigenvalue weighted by atomic mass is 9.99. The number of hydrogen-bond donors (Lipinski definition) is 2. The molecule has 6 nitrogen and oxygen atoms in total. The number of ether oxygens (including phenoxy) is 1. The number of para-hydroxylation sites is 1. The van der Waals surface area contributed by atoms with Crippen LogP contribution in [-0.2, 0) is 9.59 Å². The fraction of sp³-hybridized carbons (Fsp3) is 0.382. The first-order valence-corrected chi connectivity index (χ1v) is 14.1. The zero-order valence-electron chi connectivity index (χ0n) is 24.2. The van der Waals surface area contributed by atoms with E-state index in [9.17, 15) is 19.5 Å². The molecule has 0 fully saturated rings. The monoisotopic (exact) mass is 547 g/mol. The van der Waals surface area contributed by atoms with E-state index in [1.807, 2.05) is 19.1 Å². The van der Waals surface area contributed by atoms with Gasteiger partial charge in [0.1, 0.15) is 5.56 Å². The van der Waals surface area contributed by atoms with Crippen molar-refractivity contribution in [1.29, 1.82) is 0 Å². The first kappa shape index (κ1) is 34.1. The summed E-state index contributed by atoms with van der Waals surface area (Å²) in [4.78, 5) is 35.7. The Morgan fingerprint density at radius 2 is 1.30 bits per heavy atom. The molecule has 0 saturated heterocycles. The lowest BCUT2D eigenvalue weighted by molar-refractivity contribution is -0.132. The summed E-state index contributed by atoms with van der Waals surface area (Å²) < 4.78 is 5.21. The highest BCUT2D eigenvalue weighted by Crippen LogP contribution is 2.31. The lowest BCUT2D eigenvalue weighted by Gasteiger charge is -2.21. The Labute approximate surface area is 239 Å². The van der Waals surface area contributed by atoms with Crippen molar-refractivity contribution in [2.24, 2.45) is 0 Å². The minimum atomic E-state index is -1.20. The van der Waals surface area contributed by atoms with Gasteiger partial charge in [-0.3, -0.25) is 9.59 Å². The van der Waals surface area contributed by atoms with Crippen LogP contribution in [0.1, 0.15) is 101 Å². The third kappa shape index (κ3) is 15.5. The Morgan fingerprint density at radius 3 is 1.75 bits per heavy atom. The van der Waals surface area contributed by atoms with Crippen LogP contribution in [0.5, 0.6) is 5.75 Å². The molecule has 6 heteroatoms.